The van der Waals surface area contributed by atoms with Gasteiger partial charge in [-0.1, -0.05) is 12.0 Å². The Labute approximate surface area is 132 Å². The Morgan fingerprint density at radius 3 is 2.73 bits per heavy atom. The van der Waals surface area contributed by atoms with Crippen LogP contribution in [0.15, 0.2) is 11.6 Å². The molecule has 3 aliphatic heterocycles. The molecule has 0 spiro atoms. The summed E-state index contributed by atoms with van der Waals surface area (Å²) in [6.45, 7) is 5.93. The SMILES string of the molecule is CC#C[C@](O)(C(=O)O[C@@H]1C2CCN(CC2)[C@H]1C)C1=CCCC1. The normalized spacial score (nSPS) is 36.0. The summed E-state index contributed by atoms with van der Waals surface area (Å²) in [6.07, 6.45) is 6.54. The van der Waals surface area contributed by atoms with Gasteiger partial charge in [0.2, 0.25) is 5.60 Å². The lowest BCUT2D eigenvalue weighted by molar-refractivity contribution is -0.177. The van der Waals surface area contributed by atoms with E-state index in [2.05, 4.69) is 23.7 Å². The van der Waals surface area contributed by atoms with Crippen LogP contribution in [-0.2, 0) is 9.53 Å². The molecule has 0 radical (unpaired) electrons. The van der Waals surface area contributed by atoms with Crippen molar-refractivity contribution < 1.29 is 14.6 Å². The Hall–Kier alpha value is -1.31. The maximum Gasteiger partial charge on any atom is 0.355 e. The van der Waals surface area contributed by atoms with E-state index in [1.54, 1.807) is 6.92 Å². The third-order valence-electron chi connectivity index (χ3n) is 5.44. The topological polar surface area (TPSA) is 49.8 Å². The summed E-state index contributed by atoms with van der Waals surface area (Å²) < 4.78 is 5.79. The minimum Gasteiger partial charge on any atom is -0.457 e. The van der Waals surface area contributed by atoms with E-state index in [1.165, 1.54) is 0 Å². The molecule has 0 unspecified atom stereocenters. The molecule has 3 fully saturated rings. The van der Waals surface area contributed by atoms with E-state index in [0.29, 0.717) is 11.5 Å². The average molecular weight is 303 g/mol. The van der Waals surface area contributed by atoms with Crippen LogP contribution < -0.4 is 0 Å². The molecule has 0 aromatic carbocycles. The number of nitrogens with zero attached hydrogens (tertiary/aromatic N) is 1. The van der Waals surface area contributed by atoms with Crippen LogP contribution in [0.25, 0.3) is 0 Å². The fraction of sp³-hybridized carbons (Fsp3) is 0.722. The second-order valence-electron chi connectivity index (χ2n) is 6.69. The molecule has 0 amide bonds. The van der Waals surface area contributed by atoms with Gasteiger partial charge in [-0.25, -0.2) is 4.79 Å². The molecule has 3 atom stereocenters. The van der Waals surface area contributed by atoms with Gasteiger partial charge in [-0.2, -0.15) is 0 Å². The predicted molar refractivity (Wildman–Crippen MR) is 84.0 cm³/mol. The van der Waals surface area contributed by atoms with E-state index in [4.69, 9.17) is 4.74 Å². The third-order valence-corrected chi connectivity index (χ3v) is 5.44. The molecule has 4 nitrogen and oxygen atoms in total. The fourth-order valence-electron chi connectivity index (χ4n) is 4.10. The number of rotatable bonds is 3. The van der Waals surface area contributed by atoms with Crippen LogP contribution in [0, 0.1) is 17.8 Å². The maximum absolute atomic E-state index is 12.7. The van der Waals surface area contributed by atoms with Gasteiger partial charge >= 0.3 is 5.97 Å². The molecule has 3 saturated heterocycles. The first-order chi connectivity index (χ1) is 10.6. The lowest BCUT2D eigenvalue weighted by Crippen LogP contribution is -2.59. The molecular weight excluding hydrogens is 278 g/mol. The van der Waals surface area contributed by atoms with Gasteiger partial charge in [0, 0.05) is 6.04 Å². The molecule has 4 heteroatoms. The van der Waals surface area contributed by atoms with Crippen molar-refractivity contribution in [2.24, 2.45) is 5.92 Å². The minimum absolute atomic E-state index is 0.123. The van der Waals surface area contributed by atoms with E-state index in [9.17, 15) is 9.90 Å². The van der Waals surface area contributed by atoms with Gasteiger partial charge < -0.3 is 9.84 Å². The Bertz CT molecular complexity index is 534. The van der Waals surface area contributed by atoms with E-state index in [-0.39, 0.29) is 12.1 Å². The number of carbonyl (C=O) groups excluding carboxylic acids is 1. The number of esters is 1. The molecule has 22 heavy (non-hydrogen) atoms. The number of fused-ring (bicyclic) bond motifs is 3. The van der Waals surface area contributed by atoms with Gasteiger partial charge in [0.1, 0.15) is 6.10 Å². The first-order valence-electron chi connectivity index (χ1n) is 8.37. The summed E-state index contributed by atoms with van der Waals surface area (Å²) in [4.78, 5) is 15.1. The summed E-state index contributed by atoms with van der Waals surface area (Å²) in [5.41, 5.74) is -1.04. The van der Waals surface area contributed by atoms with Crippen LogP contribution in [0.5, 0.6) is 0 Å². The number of ether oxygens (including phenoxy) is 1. The van der Waals surface area contributed by atoms with Gasteiger partial charge in [0.25, 0.3) is 0 Å². The van der Waals surface area contributed by atoms with Gasteiger partial charge in [-0.05, 0) is 70.5 Å². The molecule has 4 rings (SSSR count). The van der Waals surface area contributed by atoms with Crippen LogP contribution in [0.3, 0.4) is 0 Å². The van der Waals surface area contributed by atoms with Crippen LogP contribution in [-0.4, -0.2) is 46.8 Å². The highest BCUT2D eigenvalue weighted by Crippen LogP contribution is 2.36. The third kappa shape index (κ3) is 2.57. The number of hydrogen-bond donors (Lipinski definition) is 1. The maximum atomic E-state index is 12.7. The fourth-order valence-corrected chi connectivity index (χ4v) is 4.10. The Morgan fingerprint density at radius 2 is 2.18 bits per heavy atom. The zero-order valence-electron chi connectivity index (χ0n) is 13.5. The summed E-state index contributed by atoms with van der Waals surface area (Å²) >= 11 is 0. The largest absolute Gasteiger partial charge is 0.457 e. The Morgan fingerprint density at radius 1 is 1.45 bits per heavy atom. The first-order valence-corrected chi connectivity index (χ1v) is 8.37. The highest BCUT2D eigenvalue weighted by molar-refractivity contribution is 5.88. The molecule has 120 valence electrons. The quantitative estimate of drug-likeness (QED) is 0.491. The molecule has 4 aliphatic rings. The lowest BCUT2D eigenvalue weighted by Gasteiger charge is -2.49. The summed E-state index contributed by atoms with van der Waals surface area (Å²) in [5, 5.41) is 10.8. The second kappa shape index (κ2) is 6.06. The second-order valence-corrected chi connectivity index (χ2v) is 6.69. The van der Waals surface area contributed by atoms with Crippen molar-refractivity contribution in [1.82, 2.24) is 4.90 Å². The molecule has 1 aliphatic carbocycles. The van der Waals surface area contributed by atoms with Gasteiger partial charge in [-0.3, -0.25) is 4.90 Å². The smallest absolute Gasteiger partial charge is 0.355 e. The minimum atomic E-state index is -1.75. The van der Waals surface area contributed by atoms with Crippen molar-refractivity contribution >= 4 is 5.97 Å². The van der Waals surface area contributed by atoms with E-state index >= 15 is 0 Å². The van der Waals surface area contributed by atoms with Crippen molar-refractivity contribution in [2.75, 3.05) is 13.1 Å². The Kier molecular flexibility index (Phi) is 4.29. The van der Waals surface area contributed by atoms with Crippen LogP contribution >= 0.6 is 0 Å². The molecule has 0 aromatic heterocycles. The van der Waals surface area contributed by atoms with Crippen molar-refractivity contribution in [3.8, 4) is 11.8 Å². The molecule has 2 bridgehead atoms. The van der Waals surface area contributed by atoms with Crippen LogP contribution in [0.4, 0.5) is 0 Å². The van der Waals surface area contributed by atoms with Crippen molar-refractivity contribution in [2.45, 2.75) is 63.7 Å². The summed E-state index contributed by atoms with van der Waals surface area (Å²) in [7, 11) is 0. The first kappa shape index (κ1) is 15.6. The number of allylic oxidation sites excluding steroid dienone is 1. The molecular formula is C18H25NO3. The van der Waals surface area contributed by atoms with Crippen molar-refractivity contribution in [1.29, 1.82) is 0 Å². The predicted octanol–water partition coefficient (Wildman–Crippen LogP) is 1.88. The number of piperidine rings is 3. The zero-order valence-corrected chi connectivity index (χ0v) is 13.5. The monoisotopic (exact) mass is 303 g/mol. The molecule has 0 saturated carbocycles. The van der Waals surface area contributed by atoms with Crippen LogP contribution in [0.1, 0.15) is 46.0 Å². The van der Waals surface area contributed by atoms with Crippen LogP contribution in [0.2, 0.25) is 0 Å². The van der Waals surface area contributed by atoms with Gasteiger partial charge in [-0.15, -0.1) is 5.92 Å². The average Bonchev–Trinajstić information content (AvgIpc) is 3.06. The highest BCUT2D eigenvalue weighted by Gasteiger charge is 2.47. The number of aliphatic hydroxyl groups is 1. The van der Waals surface area contributed by atoms with Crippen molar-refractivity contribution in [3.05, 3.63) is 11.6 Å². The molecule has 1 N–H and O–H groups in total. The number of carbonyl (C=O) groups is 1. The number of hydrogen-bond acceptors (Lipinski definition) is 4. The van der Waals surface area contributed by atoms with E-state index in [0.717, 1.165) is 45.2 Å². The molecule has 3 heterocycles. The van der Waals surface area contributed by atoms with Gasteiger partial charge in [0.15, 0.2) is 0 Å². The highest BCUT2D eigenvalue weighted by atomic mass is 16.6. The van der Waals surface area contributed by atoms with Crippen molar-refractivity contribution in [3.63, 3.8) is 0 Å². The van der Waals surface area contributed by atoms with E-state index < -0.39 is 11.6 Å². The molecule has 0 aromatic rings. The Balaban J connectivity index is 1.78. The summed E-state index contributed by atoms with van der Waals surface area (Å²) in [6, 6.07) is 0.229. The van der Waals surface area contributed by atoms with Gasteiger partial charge in [0.05, 0.1) is 0 Å². The van der Waals surface area contributed by atoms with E-state index in [1.807, 2.05) is 6.08 Å². The standard InChI is InChI=1S/C18H25NO3/c1-3-10-18(21,15-6-4-5-7-15)17(20)22-16-13(2)19-11-8-14(16)9-12-19/h6,13-14,16,21H,4-5,7-9,11-12H2,1-2H3/t13-,16-,18+/m0/s1. The summed E-state index contributed by atoms with van der Waals surface area (Å²) in [5.74, 6) is 5.23. The lowest BCUT2D eigenvalue weighted by atomic mass is 9.81. The zero-order chi connectivity index (χ0) is 15.7.